The summed E-state index contributed by atoms with van der Waals surface area (Å²) in [5.41, 5.74) is 0.233. The SMILES string of the molecule is CCNc1cncc(C(=O)NCc2nn[nH]n2)n1. The second-order valence-corrected chi connectivity index (χ2v) is 3.33. The molecule has 18 heavy (non-hydrogen) atoms. The number of aromatic amines is 1. The van der Waals surface area contributed by atoms with Crippen LogP contribution in [-0.2, 0) is 6.54 Å². The van der Waals surface area contributed by atoms with Gasteiger partial charge in [0, 0.05) is 6.54 Å². The van der Waals surface area contributed by atoms with Crippen LogP contribution in [0.15, 0.2) is 12.4 Å². The number of aromatic nitrogens is 6. The van der Waals surface area contributed by atoms with E-state index < -0.39 is 0 Å². The molecule has 0 bridgehead atoms. The van der Waals surface area contributed by atoms with Crippen molar-refractivity contribution in [3.8, 4) is 0 Å². The first-order valence-electron chi connectivity index (χ1n) is 5.36. The number of tetrazole rings is 1. The minimum atomic E-state index is -0.341. The fourth-order valence-electron chi connectivity index (χ4n) is 1.25. The molecule has 94 valence electrons. The Hall–Kier alpha value is -2.58. The number of carbonyl (C=O) groups is 1. The van der Waals surface area contributed by atoms with Gasteiger partial charge in [0.1, 0.15) is 11.5 Å². The Bertz CT molecular complexity index is 511. The Balaban J connectivity index is 1.97. The molecule has 2 aromatic rings. The molecule has 0 spiro atoms. The summed E-state index contributed by atoms with van der Waals surface area (Å²) in [4.78, 5) is 19.8. The van der Waals surface area contributed by atoms with E-state index in [1.807, 2.05) is 6.92 Å². The average Bonchev–Trinajstić information content (AvgIpc) is 2.90. The van der Waals surface area contributed by atoms with Crippen molar-refractivity contribution in [2.75, 3.05) is 11.9 Å². The van der Waals surface area contributed by atoms with E-state index in [9.17, 15) is 4.79 Å². The maximum absolute atomic E-state index is 11.8. The number of nitrogens with one attached hydrogen (secondary N) is 3. The zero-order chi connectivity index (χ0) is 12.8. The molecule has 0 aliphatic rings. The van der Waals surface area contributed by atoms with Crippen LogP contribution in [0.1, 0.15) is 23.2 Å². The third-order valence-corrected chi connectivity index (χ3v) is 2.02. The van der Waals surface area contributed by atoms with Crippen molar-refractivity contribution < 1.29 is 4.79 Å². The molecule has 2 rings (SSSR count). The third kappa shape index (κ3) is 2.97. The second kappa shape index (κ2) is 5.66. The summed E-state index contributed by atoms with van der Waals surface area (Å²) in [5, 5.41) is 18.7. The summed E-state index contributed by atoms with van der Waals surface area (Å²) in [7, 11) is 0. The Kier molecular flexibility index (Phi) is 3.74. The standard InChI is InChI=1S/C9H12N8O/c1-2-11-7-4-10-3-6(13-7)9(18)12-5-8-14-16-17-15-8/h3-4H,2,5H2,1H3,(H,11,13)(H,12,18)(H,14,15,16,17). The lowest BCUT2D eigenvalue weighted by Gasteiger charge is -2.04. The van der Waals surface area contributed by atoms with E-state index in [2.05, 4.69) is 41.2 Å². The van der Waals surface area contributed by atoms with E-state index >= 15 is 0 Å². The van der Waals surface area contributed by atoms with Gasteiger partial charge in [-0.25, -0.2) is 4.98 Å². The largest absolute Gasteiger partial charge is 0.369 e. The van der Waals surface area contributed by atoms with Crippen molar-refractivity contribution in [3.05, 3.63) is 23.9 Å². The summed E-state index contributed by atoms with van der Waals surface area (Å²) < 4.78 is 0. The van der Waals surface area contributed by atoms with E-state index in [4.69, 9.17) is 0 Å². The molecule has 2 heterocycles. The van der Waals surface area contributed by atoms with Crippen molar-refractivity contribution in [2.24, 2.45) is 0 Å². The minimum absolute atomic E-state index is 0.183. The molecular formula is C9H12N8O. The predicted octanol–water partition coefficient (Wildman–Crippen LogP) is -0.648. The molecule has 0 saturated carbocycles. The van der Waals surface area contributed by atoms with Gasteiger partial charge in [0.15, 0.2) is 5.82 Å². The van der Waals surface area contributed by atoms with Gasteiger partial charge in [0.05, 0.1) is 18.9 Å². The summed E-state index contributed by atoms with van der Waals surface area (Å²) in [6.45, 7) is 2.83. The molecule has 2 aromatic heterocycles. The molecule has 0 radical (unpaired) electrons. The Morgan fingerprint density at radius 1 is 1.44 bits per heavy atom. The molecular weight excluding hydrogens is 236 g/mol. The number of nitrogens with zero attached hydrogens (tertiary/aromatic N) is 5. The molecule has 1 amide bonds. The van der Waals surface area contributed by atoms with Crippen molar-refractivity contribution in [3.63, 3.8) is 0 Å². The van der Waals surface area contributed by atoms with Crippen molar-refractivity contribution in [2.45, 2.75) is 13.5 Å². The average molecular weight is 248 g/mol. The molecule has 0 fully saturated rings. The molecule has 0 aliphatic carbocycles. The molecule has 0 saturated heterocycles. The van der Waals surface area contributed by atoms with Gasteiger partial charge in [0.25, 0.3) is 5.91 Å². The van der Waals surface area contributed by atoms with Gasteiger partial charge in [0.2, 0.25) is 0 Å². The zero-order valence-corrected chi connectivity index (χ0v) is 9.71. The van der Waals surface area contributed by atoms with Gasteiger partial charge in [-0.3, -0.25) is 9.78 Å². The number of hydrogen-bond donors (Lipinski definition) is 3. The van der Waals surface area contributed by atoms with Gasteiger partial charge in [-0.15, -0.1) is 10.2 Å². The summed E-state index contributed by atoms with van der Waals surface area (Å²) in [5.74, 6) is 0.621. The Morgan fingerprint density at radius 2 is 2.33 bits per heavy atom. The van der Waals surface area contributed by atoms with E-state index in [0.717, 1.165) is 0 Å². The first kappa shape index (κ1) is 11.9. The van der Waals surface area contributed by atoms with Crippen molar-refractivity contribution >= 4 is 11.7 Å². The number of H-pyrrole nitrogens is 1. The van der Waals surface area contributed by atoms with Gasteiger partial charge >= 0.3 is 0 Å². The topological polar surface area (TPSA) is 121 Å². The minimum Gasteiger partial charge on any atom is -0.369 e. The normalized spacial score (nSPS) is 10.1. The number of amides is 1. The van der Waals surface area contributed by atoms with E-state index in [0.29, 0.717) is 18.2 Å². The number of rotatable bonds is 5. The molecule has 9 heteroatoms. The monoisotopic (exact) mass is 248 g/mol. The number of carbonyl (C=O) groups excluding carboxylic acids is 1. The van der Waals surface area contributed by atoms with Crippen molar-refractivity contribution in [1.82, 2.24) is 35.9 Å². The lowest BCUT2D eigenvalue weighted by Crippen LogP contribution is -2.25. The molecule has 0 unspecified atom stereocenters. The fourth-order valence-corrected chi connectivity index (χ4v) is 1.25. The molecule has 0 atom stereocenters. The molecule has 0 aliphatic heterocycles. The second-order valence-electron chi connectivity index (χ2n) is 3.33. The summed E-state index contributed by atoms with van der Waals surface area (Å²) >= 11 is 0. The van der Waals surface area contributed by atoms with Gasteiger partial charge < -0.3 is 10.6 Å². The maximum atomic E-state index is 11.8. The first-order valence-corrected chi connectivity index (χ1v) is 5.36. The highest BCUT2D eigenvalue weighted by Crippen LogP contribution is 2.01. The maximum Gasteiger partial charge on any atom is 0.271 e. The quantitative estimate of drug-likeness (QED) is 0.642. The smallest absolute Gasteiger partial charge is 0.271 e. The van der Waals surface area contributed by atoms with E-state index in [1.165, 1.54) is 6.20 Å². The van der Waals surface area contributed by atoms with Crippen LogP contribution in [0, 0.1) is 0 Å². The van der Waals surface area contributed by atoms with Crippen LogP contribution in [0.5, 0.6) is 0 Å². The third-order valence-electron chi connectivity index (χ3n) is 2.02. The van der Waals surface area contributed by atoms with Crippen LogP contribution in [0.4, 0.5) is 5.82 Å². The molecule has 0 aromatic carbocycles. The lowest BCUT2D eigenvalue weighted by molar-refractivity contribution is 0.0944. The van der Waals surface area contributed by atoms with Gasteiger partial charge in [-0.1, -0.05) is 5.21 Å². The molecule has 9 nitrogen and oxygen atoms in total. The first-order chi connectivity index (χ1) is 8.79. The molecule has 3 N–H and O–H groups in total. The van der Waals surface area contributed by atoms with E-state index in [-0.39, 0.29) is 18.1 Å². The highest BCUT2D eigenvalue weighted by Gasteiger charge is 2.09. The van der Waals surface area contributed by atoms with Crippen molar-refractivity contribution in [1.29, 1.82) is 0 Å². The summed E-state index contributed by atoms with van der Waals surface area (Å²) in [6.07, 6.45) is 2.95. The highest BCUT2D eigenvalue weighted by molar-refractivity contribution is 5.92. The van der Waals surface area contributed by atoms with Crippen LogP contribution < -0.4 is 10.6 Å². The highest BCUT2D eigenvalue weighted by atomic mass is 16.1. The summed E-state index contributed by atoms with van der Waals surface area (Å²) in [6, 6.07) is 0. The van der Waals surface area contributed by atoms with Crippen LogP contribution in [0.3, 0.4) is 0 Å². The number of hydrogen-bond acceptors (Lipinski definition) is 7. The van der Waals surface area contributed by atoms with Crippen LogP contribution in [-0.4, -0.2) is 43.0 Å². The van der Waals surface area contributed by atoms with Gasteiger partial charge in [-0.05, 0) is 6.92 Å². The lowest BCUT2D eigenvalue weighted by atomic mass is 10.4. The number of anilines is 1. The van der Waals surface area contributed by atoms with Crippen LogP contribution in [0.25, 0.3) is 0 Å². The predicted molar refractivity (Wildman–Crippen MR) is 61.5 cm³/mol. The fraction of sp³-hybridized carbons (Fsp3) is 0.333. The Morgan fingerprint density at radius 3 is 3.06 bits per heavy atom. The van der Waals surface area contributed by atoms with Gasteiger partial charge in [-0.2, -0.15) is 5.21 Å². The van der Waals surface area contributed by atoms with Crippen LogP contribution in [0.2, 0.25) is 0 Å². The van der Waals surface area contributed by atoms with E-state index in [1.54, 1.807) is 6.20 Å². The zero-order valence-electron chi connectivity index (χ0n) is 9.71. The van der Waals surface area contributed by atoms with Crippen LogP contribution >= 0.6 is 0 Å². The Labute approximate surface area is 102 Å².